The molecule has 0 aliphatic carbocycles. The molecule has 0 atom stereocenters. The van der Waals surface area contributed by atoms with Crippen molar-refractivity contribution in [2.24, 2.45) is 0 Å². The number of hydrogen-bond donors (Lipinski definition) is 1. The van der Waals surface area contributed by atoms with Gasteiger partial charge in [-0.2, -0.15) is 4.98 Å². The van der Waals surface area contributed by atoms with Crippen molar-refractivity contribution in [1.29, 1.82) is 0 Å². The van der Waals surface area contributed by atoms with Gasteiger partial charge in [0.05, 0.1) is 18.9 Å². The first kappa shape index (κ1) is 25.6. The first-order valence-electron chi connectivity index (χ1n) is 13.4. The summed E-state index contributed by atoms with van der Waals surface area (Å²) in [6, 6.07) is 11.7. The van der Waals surface area contributed by atoms with Crippen LogP contribution in [0.1, 0.15) is 21.5 Å². The summed E-state index contributed by atoms with van der Waals surface area (Å²) in [5.41, 5.74) is 11.1. The second-order valence-corrected chi connectivity index (χ2v) is 9.89. The minimum Gasteiger partial charge on any atom is -0.378 e. The number of nitrogens with zero attached hydrogens (tertiary/aromatic N) is 8. The number of morpholine rings is 1. The summed E-state index contributed by atoms with van der Waals surface area (Å²) >= 11 is 0. The highest BCUT2D eigenvalue weighted by Crippen LogP contribution is 2.39. The predicted octanol–water partition coefficient (Wildman–Crippen LogP) is 2.76. The number of nitrogen functional groups attached to an aromatic ring is 1. The van der Waals surface area contributed by atoms with Crippen molar-refractivity contribution < 1.29 is 9.53 Å². The Labute approximate surface area is 232 Å². The lowest BCUT2D eigenvalue weighted by molar-refractivity contribution is 0.0796. The third-order valence-corrected chi connectivity index (χ3v) is 7.29. The molecule has 1 saturated heterocycles. The molecular formula is C29H31N9O2. The van der Waals surface area contributed by atoms with Crippen LogP contribution in [0.15, 0.2) is 61.2 Å². The maximum atomic E-state index is 13.1. The molecular weight excluding hydrogens is 506 g/mol. The largest absolute Gasteiger partial charge is 0.378 e. The molecule has 5 heterocycles. The molecule has 1 amide bonds. The van der Waals surface area contributed by atoms with Crippen LogP contribution in [-0.2, 0) is 17.6 Å². The standard InChI is InChI=1S/C29H31N9O2/c1-36(11-8-20-3-2-10-31-17-20)27(39)21-4-6-23(7-5-21)38-12-9-24-25(22-18-32-28(30)33-19-22)34-29(35-26(24)38)37-13-15-40-16-14-37/h2-7,10,17-19H,8-9,11-16H2,1H3,(H2,30,32,33). The van der Waals surface area contributed by atoms with E-state index in [0.29, 0.717) is 31.3 Å². The summed E-state index contributed by atoms with van der Waals surface area (Å²) in [7, 11) is 1.83. The molecule has 0 bridgehead atoms. The van der Waals surface area contributed by atoms with Crippen molar-refractivity contribution in [1.82, 2.24) is 29.8 Å². The Balaban J connectivity index is 1.25. The maximum Gasteiger partial charge on any atom is 0.253 e. The van der Waals surface area contributed by atoms with Gasteiger partial charge < -0.3 is 25.2 Å². The summed E-state index contributed by atoms with van der Waals surface area (Å²) in [6.07, 6.45) is 8.54. The average Bonchev–Trinajstić information content (AvgIpc) is 3.45. The van der Waals surface area contributed by atoms with Gasteiger partial charge in [0, 0.05) is 80.4 Å². The highest BCUT2D eigenvalue weighted by molar-refractivity contribution is 5.94. The molecule has 0 radical (unpaired) electrons. The summed E-state index contributed by atoms with van der Waals surface area (Å²) in [5, 5.41) is 0. The molecule has 0 unspecified atom stereocenters. The summed E-state index contributed by atoms with van der Waals surface area (Å²) in [6.45, 7) is 4.08. The van der Waals surface area contributed by atoms with Crippen molar-refractivity contribution >= 4 is 29.3 Å². The lowest BCUT2D eigenvalue weighted by atomic mass is 10.1. The van der Waals surface area contributed by atoms with Crippen LogP contribution in [0.4, 0.5) is 23.4 Å². The van der Waals surface area contributed by atoms with Crippen molar-refractivity contribution in [2.75, 3.05) is 62.0 Å². The number of hydrogen-bond acceptors (Lipinski definition) is 10. The van der Waals surface area contributed by atoms with E-state index < -0.39 is 0 Å². The second-order valence-electron chi connectivity index (χ2n) is 9.89. The molecule has 3 aromatic heterocycles. The molecule has 204 valence electrons. The number of nitrogens with two attached hydrogens (primary N) is 1. The Bertz CT molecular complexity index is 1470. The molecule has 1 aromatic carbocycles. The monoisotopic (exact) mass is 537 g/mol. The number of fused-ring (bicyclic) bond motifs is 1. The van der Waals surface area contributed by atoms with Gasteiger partial charge in [-0.15, -0.1) is 0 Å². The number of likely N-dealkylation sites (N-methyl/N-ethyl adjacent to an activating group) is 1. The second kappa shape index (κ2) is 11.2. The number of aromatic nitrogens is 5. The minimum atomic E-state index is -0.0140. The third kappa shape index (κ3) is 5.28. The van der Waals surface area contributed by atoms with Crippen molar-refractivity contribution in [3.05, 3.63) is 77.9 Å². The average molecular weight is 538 g/mol. The molecule has 2 aliphatic rings. The molecule has 2 N–H and O–H groups in total. The Kier molecular flexibility index (Phi) is 7.19. The summed E-state index contributed by atoms with van der Waals surface area (Å²) in [5.74, 6) is 1.72. The minimum absolute atomic E-state index is 0.0140. The van der Waals surface area contributed by atoms with Crippen LogP contribution in [-0.4, -0.2) is 82.2 Å². The van der Waals surface area contributed by atoms with E-state index in [1.165, 1.54) is 0 Å². The van der Waals surface area contributed by atoms with E-state index in [4.69, 9.17) is 20.4 Å². The topological polar surface area (TPSA) is 126 Å². The van der Waals surface area contributed by atoms with E-state index in [1.54, 1.807) is 23.5 Å². The highest BCUT2D eigenvalue weighted by atomic mass is 16.5. The molecule has 40 heavy (non-hydrogen) atoms. The van der Waals surface area contributed by atoms with Crippen LogP contribution in [0, 0.1) is 0 Å². The lowest BCUT2D eigenvalue weighted by Gasteiger charge is -2.28. The Morgan fingerprint density at radius 2 is 1.80 bits per heavy atom. The number of pyridine rings is 1. The van der Waals surface area contributed by atoms with Crippen LogP contribution in [0.2, 0.25) is 0 Å². The van der Waals surface area contributed by atoms with Crippen LogP contribution in [0.5, 0.6) is 0 Å². The van der Waals surface area contributed by atoms with Crippen LogP contribution in [0.25, 0.3) is 11.3 Å². The SMILES string of the molecule is CN(CCc1cccnc1)C(=O)c1ccc(N2CCc3c(-c4cnc(N)nc4)nc(N4CCOCC4)nc32)cc1. The predicted molar refractivity (Wildman–Crippen MR) is 153 cm³/mol. The molecule has 1 fully saturated rings. The van der Waals surface area contributed by atoms with Crippen LogP contribution in [0.3, 0.4) is 0 Å². The number of amides is 1. The van der Waals surface area contributed by atoms with E-state index in [9.17, 15) is 4.79 Å². The van der Waals surface area contributed by atoms with Crippen LogP contribution < -0.4 is 15.5 Å². The number of anilines is 4. The van der Waals surface area contributed by atoms with E-state index in [0.717, 1.165) is 66.4 Å². The highest BCUT2D eigenvalue weighted by Gasteiger charge is 2.29. The molecule has 0 spiro atoms. The van der Waals surface area contributed by atoms with Gasteiger partial charge in [-0.25, -0.2) is 15.0 Å². The zero-order chi connectivity index (χ0) is 27.5. The number of carbonyl (C=O) groups is 1. The molecule has 11 nitrogen and oxygen atoms in total. The smallest absolute Gasteiger partial charge is 0.253 e. The molecule has 6 rings (SSSR count). The zero-order valence-electron chi connectivity index (χ0n) is 22.4. The number of benzene rings is 1. The molecule has 2 aliphatic heterocycles. The van der Waals surface area contributed by atoms with E-state index in [2.05, 4.69) is 24.8 Å². The summed E-state index contributed by atoms with van der Waals surface area (Å²) in [4.78, 5) is 41.7. The van der Waals surface area contributed by atoms with Gasteiger partial charge in [0.1, 0.15) is 5.82 Å². The van der Waals surface area contributed by atoms with E-state index in [1.807, 2.05) is 49.6 Å². The normalized spacial score (nSPS) is 14.7. The molecule has 4 aromatic rings. The maximum absolute atomic E-state index is 13.1. The fraction of sp³-hybridized carbons (Fsp3) is 0.310. The van der Waals surface area contributed by atoms with Gasteiger partial charge in [0.2, 0.25) is 11.9 Å². The van der Waals surface area contributed by atoms with Crippen molar-refractivity contribution in [3.63, 3.8) is 0 Å². The molecule has 0 saturated carbocycles. The Hall–Kier alpha value is -4.64. The Morgan fingerprint density at radius 3 is 2.52 bits per heavy atom. The lowest BCUT2D eigenvalue weighted by Crippen LogP contribution is -2.37. The fourth-order valence-electron chi connectivity index (χ4n) is 5.05. The van der Waals surface area contributed by atoms with Gasteiger partial charge in [-0.1, -0.05) is 6.07 Å². The van der Waals surface area contributed by atoms with Gasteiger partial charge in [0.15, 0.2) is 0 Å². The van der Waals surface area contributed by atoms with Gasteiger partial charge in [0.25, 0.3) is 5.91 Å². The van der Waals surface area contributed by atoms with Gasteiger partial charge in [-0.3, -0.25) is 9.78 Å². The number of carbonyl (C=O) groups excluding carboxylic acids is 1. The number of rotatable bonds is 7. The first-order chi connectivity index (χ1) is 19.6. The fourth-order valence-corrected chi connectivity index (χ4v) is 5.05. The quantitative estimate of drug-likeness (QED) is 0.376. The van der Waals surface area contributed by atoms with Gasteiger partial charge >= 0.3 is 0 Å². The molecule has 11 heteroatoms. The van der Waals surface area contributed by atoms with Crippen molar-refractivity contribution in [3.8, 4) is 11.3 Å². The third-order valence-electron chi connectivity index (χ3n) is 7.29. The van der Waals surface area contributed by atoms with E-state index in [-0.39, 0.29) is 11.9 Å². The first-order valence-corrected chi connectivity index (χ1v) is 13.4. The summed E-state index contributed by atoms with van der Waals surface area (Å²) < 4.78 is 5.54. The van der Waals surface area contributed by atoms with E-state index >= 15 is 0 Å². The van der Waals surface area contributed by atoms with Crippen molar-refractivity contribution in [2.45, 2.75) is 12.8 Å². The zero-order valence-corrected chi connectivity index (χ0v) is 22.4. The number of ether oxygens (including phenoxy) is 1. The van der Waals surface area contributed by atoms with Crippen LogP contribution >= 0.6 is 0 Å². The van der Waals surface area contributed by atoms with Gasteiger partial charge in [-0.05, 0) is 48.7 Å². The Morgan fingerprint density at radius 1 is 1.02 bits per heavy atom.